The molecule has 0 bridgehead atoms. The van der Waals surface area contributed by atoms with Crippen LogP contribution in [0.1, 0.15) is 26.3 Å². The molecule has 0 aliphatic rings. The van der Waals surface area contributed by atoms with Crippen molar-refractivity contribution < 1.29 is 13.2 Å². The first-order valence-corrected chi connectivity index (χ1v) is 7.59. The number of rotatable bonds is 5. The number of hydrogen-bond donors (Lipinski definition) is 2. The highest BCUT2D eigenvalue weighted by atomic mass is 32.2. The topological polar surface area (TPSA) is 93.2 Å². The Balaban J connectivity index is 2.72. The molecule has 0 fully saturated rings. The van der Waals surface area contributed by atoms with Gasteiger partial charge in [-0.3, -0.25) is 5.41 Å². The van der Waals surface area contributed by atoms with Gasteiger partial charge in [-0.1, -0.05) is 12.1 Å². The molecule has 106 valence electrons. The number of hydrogen-bond acceptors (Lipinski definition) is 4. The third kappa shape index (κ3) is 3.96. The molecule has 0 saturated carbocycles. The Morgan fingerprint density at radius 3 is 2.42 bits per heavy atom. The van der Waals surface area contributed by atoms with Crippen LogP contribution in [0.2, 0.25) is 0 Å². The van der Waals surface area contributed by atoms with Gasteiger partial charge in [-0.25, -0.2) is 8.42 Å². The van der Waals surface area contributed by atoms with Crippen molar-refractivity contribution in [1.29, 1.82) is 5.41 Å². The molecule has 0 radical (unpaired) electrons. The normalized spacial score (nSPS) is 12.2. The van der Waals surface area contributed by atoms with Crippen molar-refractivity contribution in [3.8, 4) is 5.75 Å². The van der Waals surface area contributed by atoms with Crippen molar-refractivity contribution in [2.75, 3.05) is 12.4 Å². The van der Waals surface area contributed by atoms with E-state index in [2.05, 4.69) is 0 Å². The summed E-state index contributed by atoms with van der Waals surface area (Å²) < 4.78 is 28.5. The summed E-state index contributed by atoms with van der Waals surface area (Å²) in [4.78, 5) is 0. The van der Waals surface area contributed by atoms with E-state index < -0.39 is 14.6 Å². The van der Waals surface area contributed by atoms with E-state index in [-0.39, 0.29) is 18.2 Å². The van der Waals surface area contributed by atoms with E-state index in [0.29, 0.717) is 11.3 Å². The Kier molecular flexibility index (Phi) is 4.57. The van der Waals surface area contributed by atoms with Crippen molar-refractivity contribution >= 4 is 15.7 Å². The van der Waals surface area contributed by atoms with Crippen LogP contribution in [0.15, 0.2) is 24.3 Å². The Labute approximate surface area is 114 Å². The number of sulfone groups is 1. The molecule has 0 atom stereocenters. The first kappa shape index (κ1) is 15.5. The minimum absolute atomic E-state index is 0.0455. The first-order chi connectivity index (χ1) is 8.65. The maximum Gasteiger partial charge on any atom is 0.158 e. The smallest absolute Gasteiger partial charge is 0.158 e. The van der Waals surface area contributed by atoms with Gasteiger partial charge >= 0.3 is 0 Å². The molecular weight excluding hydrogens is 264 g/mol. The summed E-state index contributed by atoms with van der Waals surface area (Å²) in [5.41, 5.74) is 5.89. The molecule has 5 nitrogen and oxygen atoms in total. The van der Waals surface area contributed by atoms with Crippen LogP contribution >= 0.6 is 0 Å². The monoisotopic (exact) mass is 284 g/mol. The Bertz CT molecular complexity index is 559. The largest absolute Gasteiger partial charge is 0.492 e. The SMILES string of the molecule is CC(C)(C)S(=O)(=O)CCOc1ccccc1C(=N)N. The number of benzene rings is 1. The predicted octanol–water partition coefficient (Wildman–Crippen LogP) is 1.56. The van der Waals surface area contributed by atoms with E-state index in [1.165, 1.54) is 0 Å². The molecular formula is C13H20N2O3S. The fourth-order valence-electron chi connectivity index (χ4n) is 1.38. The lowest BCUT2D eigenvalue weighted by atomic mass is 10.2. The maximum absolute atomic E-state index is 11.9. The Hall–Kier alpha value is -1.56. The zero-order chi connectivity index (χ0) is 14.7. The minimum Gasteiger partial charge on any atom is -0.492 e. The standard InChI is InChI=1S/C13H20N2O3S/c1-13(2,3)19(16,17)9-8-18-11-7-5-4-6-10(11)12(14)15/h4-7H,8-9H2,1-3H3,(H3,14,15). The number of ether oxygens (including phenoxy) is 1. The Morgan fingerprint density at radius 2 is 1.89 bits per heavy atom. The van der Waals surface area contributed by atoms with E-state index in [9.17, 15) is 8.42 Å². The summed E-state index contributed by atoms with van der Waals surface area (Å²) in [6.07, 6.45) is 0. The van der Waals surface area contributed by atoms with E-state index >= 15 is 0 Å². The number of nitrogens with one attached hydrogen (secondary N) is 1. The van der Waals surface area contributed by atoms with Gasteiger partial charge < -0.3 is 10.5 Å². The van der Waals surface area contributed by atoms with Gasteiger partial charge in [0.2, 0.25) is 0 Å². The van der Waals surface area contributed by atoms with Crippen molar-refractivity contribution in [1.82, 2.24) is 0 Å². The number of para-hydroxylation sites is 1. The minimum atomic E-state index is -3.21. The molecule has 0 unspecified atom stereocenters. The van der Waals surface area contributed by atoms with Gasteiger partial charge in [-0.05, 0) is 32.9 Å². The zero-order valence-electron chi connectivity index (χ0n) is 11.4. The van der Waals surface area contributed by atoms with Crippen LogP contribution < -0.4 is 10.5 Å². The van der Waals surface area contributed by atoms with Crippen molar-refractivity contribution in [2.45, 2.75) is 25.5 Å². The highest BCUT2D eigenvalue weighted by Crippen LogP contribution is 2.19. The van der Waals surface area contributed by atoms with E-state index in [0.717, 1.165) is 0 Å². The quantitative estimate of drug-likeness (QED) is 0.634. The van der Waals surface area contributed by atoms with Crippen LogP contribution in [0, 0.1) is 5.41 Å². The maximum atomic E-state index is 11.9. The van der Waals surface area contributed by atoms with E-state index in [1.54, 1.807) is 45.0 Å². The summed E-state index contributed by atoms with van der Waals surface area (Å²) >= 11 is 0. The number of nitrogen functional groups attached to an aromatic ring is 1. The summed E-state index contributed by atoms with van der Waals surface area (Å²) in [6, 6.07) is 6.83. The molecule has 0 aliphatic heterocycles. The third-order valence-electron chi connectivity index (χ3n) is 2.72. The van der Waals surface area contributed by atoms with Gasteiger partial charge in [0.25, 0.3) is 0 Å². The highest BCUT2D eigenvalue weighted by Gasteiger charge is 2.28. The molecule has 1 rings (SSSR count). The summed E-state index contributed by atoms with van der Waals surface area (Å²) in [5, 5.41) is 7.41. The van der Waals surface area contributed by atoms with E-state index in [4.69, 9.17) is 15.9 Å². The van der Waals surface area contributed by atoms with Gasteiger partial charge in [0.15, 0.2) is 9.84 Å². The Morgan fingerprint density at radius 1 is 1.32 bits per heavy atom. The average Bonchev–Trinajstić information content (AvgIpc) is 2.27. The average molecular weight is 284 g/mol. The first-order valence-electron chi connectivity index (χ1n) is 5.93. The second kappa shape index (κ2) is 5.61. The van der Waals surface area contributed by atoms with E-state index in [1.807, 2.05) is 0 Å². The second-order valence-corrected chi connectivity index (χ2v) is 8.05. The molecule has 0 aliphatic carbocycles. The predicted molar refractivity (Wildman–Crippen MR) is 76.5 cm³/mol. The van der Waals surface area contributed by atoms with Crippen LogP contribution in [0.25, 0.3) is 0 Å². The van der Waals surface area contributed by atoms with Crippen LogP contribution in [-0.2, 0) is 9.84 Å². The van der Waals surface area contributed by atoms with Crippen LogP contribution in [0.3, 0.4) is 0 Å². The molecule has 1 aromatic carbocycles. The molecule has 0 heterocycles. The molecule has 3 N–H and O–H groups in total. The molecule has 0 aromatic heterocycles. The van der Waals surface area contributed by atoms with Crippen LogP contribution in [-0.4, -0.2) is 31.4 Å². The molecule has 0 amide bonds. The summed E-state index contributed by atoms with van der Waals surface area (Å²) in [7, 11) is -3.21. The fourth-order valence-corrected chi connectivity index (χ4v) is 2.30. The molecule has 1 aromatic rings. The molecule has 6 heteroatoms. The fraction of sp³-hybridized carbons (Fsp3) is 0.462. The van der Waals surface area contributed by atoms with Crippen molar-refractivity contribution in [3.63, 3.8) is 0 Å². The van der Waals surface area contributed by atoms with Gasteiger partial charge in [0, 0.05) is 0 Å². The van der Waals surface area contributed by atoms with Crippen molar-refractivity contribution in [3.05, 3.63) is 29.8 Å². The highest BCUT2D eigenvalue weighted by molar-refractivity contribution is 7.92. The van der Waals surface area contributed by atoms with Gasteiger partial charge in [0.05, 0.1) is 16.1 Å². The van der Waals surface area contributed by atoms with Crippen LogP contribution in [0.5, 0.6) is 5.75 Å². The molecule has 0 saturated heterocycles. The van der Waals surface area contributed by atoms with Gasteiger partial charge in [0.1, 0.15) is 18.2 Å². The lowest BCUT2D eigenvalue weighted by Crippen LogP contribution is -2.32. The second-order valence-electron chi connectivity index (χ2n) is 5.19. The van der Waals surface area contributed by atoms with Gasteiger partial charge in [-0.2, -0.15) is 0 Å². The third-order valence-corrected chi connectivity index (χ3v) is 5.29. The van der Waals surface area contributed by atoms with Crippen molar-refractivity contribution in [2.24, 2.45) is 5.73 Å². The summed E-state index contributed by atoms with van der Waals surface area (Å²) in [5.74, 6) is 0.260. The van der Waals surface area contributed by atoms with Crippen LogP contribution in [0.4, 0.5) is 0 Å². The molecule has 19 heavy (non-hydrogen) atoms. The lowest BCUT2D eigenvalue weighted by Gasteiger charge is -2.19. The number of nitrogens with two attached hydrogens (primary N) is 1. The van der Waals surface area contributed by atoms with Gasteiger partial charge in [-0.15, -0.1) is 0 Å². The molecule has 0 spiro atoms. The lowest BCUT2D eigenvalue weighted by molar-refractivity contribution is 0.339. The number of amidine groups is 1. The zero-order valence-corrected chi connectivity index (χ0v) is 12.3. The summed E-state index contributed by atoms with van der Waals surface area (Å²) in [6.45, 7) is 5.02.